The predicted octanol–water partition coefficient (Wildman–Crippen LogP) is 2.49. The maximum Gasteiger partial charge on any atom is 0.487 e. The molecule has 6 heterocycles. The van der Waals surface area contributed by atoms with E-state index in [2.05, 4.69) is 29.7 Å². The third-order valence-electron chi connectivity index (χ3n) is 5.60. The van der Waals surface area contributed by atoms with E-state index in [-0.39, 0.29) is 16.3 Å². The van der Waals surface area contributed by atoms with E-state index in [9.17, 15) is 22.5 Å². The summed E-state index contributed by atoms with van der Waals surface area (Å²) in [6.07, 6.45) is -4.23. The number of phosphoric ester groups is 1. The molecule has 36 heavy (non-hydrogen) atoms. The van der Waals surface area contributed by atoms with Crippen LogP contribution in [0.2, 0.25) is 0 Å². The number of rotatable bonds is 5. The highest BCUT2D eigenvalue weighted by Gasteiger charge is 2.97. The molecule has 2 aromatic heterocycles. The number of nitrogens with zero attached hydrogens (tertiary/aromatic N) is 6. The van der Waals surface area contributed by atoms with Crippen LogP contribution in [0, 0.1) is 5.82 Å². The number of pyridine rings is 1. The second-order valence-electron chi connectivity index (χ2n) is 7.78. The lowest BCUT2D eigenvalue weighted by molar-refractivity contribution is -0.362. The molecule has 4 fully saturated rings. The third-order valence-corrected chi connectivity index (χ3v) is 7.02. The number of tetrazole rings is 1. The van der Waals surface area contributed by atoms with Gasteiger partial charge in [-0.2, -0.15) is 13.6 Å². The van der Waals surface area contributed by atoms with E-state index in [4.69, 9.17) is 14.2 Å². The minimum Gasteiger partial charge on any atom is -0.401 e. The zero-order chi connectivity index (χ0) is 25.7. The lowest BCUT2D eigenvalue weighted by atomic mass is 10.0. The van der Waals surface area contributed by atoms with Crippen LogP contribution >= 0.6 is 7.82 Å². The summed E-state index contributed by atoms with van der Waals surface area (Å²) in [6, 6.07) is 6.06. The first kappa shape index (κ1) is 22.9. The molecule has 1 aromatic carbocycles. The lowest BCUT2D eigenvalue weighted by Gasteiger charge is -2.40. The molecule has 4 saturated heterocycles. The molecular weight excluding hydrogens is 519 g/mol. The van der Waals surface area contributed by atoms with Crippen molar-refractivity contribution in [3.05, 3.63) is 42.3 Å². The average Bonchev–Trinajstić information content (AvgIpc) is 3.46. The number of alkyl halides is 3. The van der Waals surface area contributed by atoms with Crippen LogP contribution in [-0.2, 0) is 29.9 Å². The van der Waals surface area contributed by atoms with E-state index in [1.165, 1.54) is 29.2 Å². The Morgan fingerprint density at radius 1 is 1.19 bits per heavy atom. The number of amides is 1. The van der Waals surface area contributed by atoms with Gasteiger partial charge in [-0.1, -0.05) is 6.07 Å². The lowest BCUT2D eigenvalue weighted by Crippen LogP contribution is -2.68. The number of hydrogen-bond donors (Lipinski definition) is 1. The number of ether oxygens (including phenoxy) is 1. The fourth-order valence-electron chi connectivity index (χ4n) is 4.00. The second kappa shape index (κ2) is 7.04. The van der Waals surface area contributed by atoms with E-state index in [1.807, 2.05) is 0 Å². The van der Waals surface area contributed by atoms with Gasteiger partial charge in [-0.15, -0.1) is 10.2 Å². The van der Waals surface area contributed by atoms with Crippen LogP contribution in [0.3, 0.4) is 0 Å². The van der Waals surface area contributed by atoms with Gasteiger partial charge in [0.1, 0.15) is 11.5 Å². The largest absolute Gasteiger partial charge is 0.487 e. The Balaban J connectivity index is 1.35. The highest BCUT2D eigenvalue weighted by molar-refractivity contribution is 7.50. The van der Waals surface area contributed by atoms with Crippen molar-refractivity contribution in [3.63, 3.8) is 0 Å². The fourth-order valence-corrected chi connectivity index (χ4v) is 5.69. The SMILES string of the molecule is Cn1nnc(-c2ccc(-c3ccc(N4C(=O)O[C@]5(C(F)(F)[C@@H](O)F)OP6(=O)OC45O6)cc3F)cn2)n1. The summed E-state index contributed by atoms with van der Waals surface area (Å²) in [5.41, 5.74) is 0.201. The highest BCUT2D eigenvalue weighted by Crippen LogP contribution is 2.82. The summed E-state index contributed by atoms with van der Waals surface area (Å²) in [4.78, 5) is 18.2. The molecule has 2 bridgehead atoms. The topological polar surface area (TPSA) is 151 Å². The van der Waals surface area contributed by atoms with E-state index < -0.39 is 49.4 Å². The number of aromatic nitrogens is 5. The summed E-state index contributed by atoms with van der Waals surface area (Å²) >= 11 is 0. The van der Waals surface area contributed by atoms with Gasteiger partial charge in [0.25, 0.3) is 6.36 Å². The molecule has 18 heteroatoms. The zero-order valence-corrected chi connectivity index (χ0v) is 18.5. The third kappa shape index (κ3) is 2.79. The van der Waals surface area contributed by atoms with Crippen molar-refractivity contribution in [1.82, 2.24) is 25.2 Å². The van der Waals surface area contributed by atoms with Gasteiger partial charge in [0.05, 0.1) is 12.7 Å². The van der Waals surface area contributed by atoms with E-state index in [0.29, 0.717) is 11.3 Å². The summed E-state index contributed by atoms with van der Waals surface area (Å²) in [6.45, 7) is 0. The summed E-state index contributed by atoms with van der Waals surface area (Å²) in [7, 11) is -3.10. The Bertz CT molecular complexity index is 1460. The van der Waals surface area contributed by atoms with Gasteiger partial charge in [-0.3, -0.25) is 4.98 Å². The number of carbonyl (C=O) groups excluding carboxylic acids is 1. The van der Waals surface area contributed by atoms with Crippen molar-refractivity contribution >= 4 is 19.6 Å². The van der Waals surface area contributed by atoms with E-state index in [0.717, 1.165) is 12.1 Å². The average molecular weight is 530 g/mol. The maximum atomic E-state index is 15.1. The Morgan fingerprint density at radius 2 is 1.94 bits per heavy atom. The van der Waals surface area contributed by atoms with E-state index in [1.54, 1.807) is 7.05 Å². The number of anilines is 1. The Hall–Kier alpha value is -3.50. The number of benzene rings is 1. The van der Waals surface area contributed by atoms with Gasteiger partial charge < -0.3 is 9.84 Å². The van der Waals surface area contributed by atoms with Gasteiger partial charge in [0.15, 0.2) is 0 Å². The first-order chi connectivity index (χ1) is 16.9. The van der Waals surface area contributed by atoms with Gasteiger partial charge in [-0.25, -0.2) is 36.6 Å². The first-order valence-corrected chi connectivity index (χ1v) is 11.3. The predicted molar refractivity (Wildman–Crippen MR) is 105 cm³/mol. The van der Waals surface area contributed by atoms with Gasteiger partial charge in [0.2, 0.25) is 5.82 Å². The molecule has 7 rings (SSSR count). The minimum absolute atomic E-state index is 0.00506. The zero-order valence-electron chi connectivity index (χ0n) is 17.6. The summed E-state index contributed by atoms with van der Waals surface area (Å²) in [5, 5.41) is 20.5. The summed E-state index contributed by atoms with van der Waals surface area (Å²) < 4.78 is 88.5. The standard InChI is InChI=1S/C18H11F4N6O7P/c1-27-25-13(24-26-27)12-5-2-8(7-23-12)10-4-3-9(6-11(10)19)28-15(30)32-17(16(21,22)14(20)29)18(28)34-36(31,33-17)35-18/h2-7,14,29H,1H3/t14-,17-,18?,36?/m1/s1. The molecule has 1 spiro atoms. The number of hydrogen-bond acceptors (Lipinski definition) is 11. The monoisotopic (exact) mass is 530 g/mol. The van der Waals surface area contributed by atoms with Crippen LogP contribution in [0.5, 0.6) is 0 Å². The smallest absolute Gasteiger partial charge is 0.401 e. The second-order valence-corrected chi connectivity index (χ2v) is 9.22. The van der Waals surface area contributed by atoms with Crippen molar-refractivity contribution < 1.29 is 50.3 Å². The molecule has 13 nitrogen and oxygen atoms in total. The van der Waals surface area contributed by atoms with Gasteiger partial charge >= 0.3 is 31.5 Å². The molecule has 4 aliphatic rings. The molecule has 0 saturated carbocycles. The normalized spacial score (nSPS) is 29.6. The quantitative estimate of drug-likeness (QED) is 0.383. The first-order valence-electron chi connectivity index (χ1n) is 9.87. The van der Waals surface area contributed by atoms with Crippen molar-refractivity contribution in [3.8, 4) is 22.6 Å². The maximum absolute atomic E-state index is 15.1. The Labute approximate surface area is 196 Å². The molecule has 3 aromatic rings. The van der Waals surface area contributed by atoms with Crippen LogP contribution in [0.1, 0.15) is 0 Å². The van der Waals surface area contributed by atoms with Crippen molar-refractivity contribution in [1.29, 1.82) is 0 Å². The van der Waals surface area contributed by atoms with Crippen molar-refractivity contribution in [2.24, 2.45) is 7.05 Å². The molecule has 4 aliphatic heterocycles. The van der Waals surface area contributed by atoms with Crippen LogP contribution in [-0.4, -0.2) is 60.4 Å². The van der Waals surface area contributed by atoms with Gasteiger partial charge in [0, 0.05) is 17.3 Å². The van der Waals surface area contributed by atoms with Gasteiger partial charge in [-0.05, 0) is 29.5 Å². The van der Waals surface area contributed by atoms with Crippen LogP contribution in [0.25, 0.3) is 22.6 Å². The van der Waals surface area contributed by atoms with Crippen LogP contribution in [0.15, 0.2) is 36.5 Å². The molecule has 2 atom stereocenters. The van der Waals surface area contributed by atoms with E-state index >= 15 is 4.39 Å². The summed E-state index contributed by atoms with van der Waals surface area (Å²) in [5.74, 6) is -12.5. The van der Waals surface area contributed by atoms with Crippen LogP contribution < -0.4 is 4.90 Å². The molecule has 0 unspecified atom stereocenters. The number of aliphatic hydroxyl groups is 1. The Morgan fingerprint density at radius 3 is 2.53 bits per heavy atom. The molecule has 0 aliphatic carbocycles. The highest BCUT2D eigenvalue weighted by atomic mass is 31.2. The molecule has 188 valence electrons. The number of aryl methyl sites for hydroxylation is 1. The number of halogens is 4. The molecule has 1 N–H and O–H groups in total. The number of carbonyl (C=O) groups is 1. The van der Waals surface area contributed by atoms with Crippen molar-refractivity contribution in [2.45, 2.75) is 24.0 Å². The van der Waals surface area contributed by atoms with Crippen molar-refractivity contribution in [2.75, 3.05) is 4.90 Å². The Kier molecular flexibility index (Phi) is 4.49. The number of phosphoric acid groups is 1. The molecule has 0 radical (unpaired) electrons. The van der Waals surface area contributed by atoms with Crippen LogP contribution in [0.4, 0.5) is 28.0 Å². The molecule has 1 amide bonds. The fraction of sp³-hybridized carbons (Fsp3) is 0.278. The minimum atomic E-state index is -4.98. The number of aliphatic hydroxyl groups excluding tert-OH is 1. The molecular formula is C18H11F4N6O7P.